The number of hydrogen-bond acceptors (Lipinski definition) is 4. The Morgan fingerprint density at radius 3 is 2.90 bits per heavy atom. The van der Waals surface area contributed by atoms with Crippen molar-refractivity contribution in [2.75, 3.05) is 4.90 Å². The number of halogens is 1. The molecule has 1 atom stereocenters. The van der Waals surface area contributed by atoms with Crippen LogP contribution in [0.2, 0.25) is 0 Å². The molecular formula is C15H15FN4. The van der Waals surface area contributed by atoms with Crippen LogP contribution in [-0.4, -0.2) is 16.9 Å². The highest BCUT2D eigenvalue weighted by Gasteiger charge is 2.23. The molecule has 2 N–H and O–H groups in total. The van der Waals surface area contributed by atoms with Crippen LogP contribution < -0.4 is 10.6 Å². The maximum Gasteiger partial charge on any atom is 0.126 e. The Hall–Kier alpha value is -2.27. The minimum absolute atomic E-state index is 0.214. The normalized spacial score (nSPS) is 15.6. The first-order valence-corrected chi connectivity index (χ1v) is 6.45. The molecule has 1 aliphatic rings. The fourth-order valence-corrected chi connectivity index (χ4v) is 2.31. The van der Waals surface area contributed by atoms with E-state index >= 15 is 0 Å². The van der Waals surface area contributed by atoms with Crippen LogP contribution in [0.3, 0.4) is 0 Å². The molecule has 2 aromatic rings. The second-order valence-corrected chi connectivity index (χ2v) is 4.83. The van der Waals surface area contributed by atoms with E-state index in [1.807, 2.05) is 24.0 Å². The molecule has 102 valence electrons. The second kappa shape index (κ2) is 5.02. The second-order valence-electron chi connectivity index (χ2n) is 4.83. The summed E-state index contributed by atoms with van der Waals surface area (Å²) >= 11 is 0. The van der Waals surface area contributed by atoms with Crippen molar-refractivity contribution in [1.29, 1.82) is 0 Å². The van der Waals surface area contributed by atoms with Gasteiger partial charge in [0.25, 0.3) is 0 Å². The van der Waals surface area contributed by atoms with Crippen LogP contribution in [0.15, 0.2) is 47.7 Å². The van der Waals surface area contributed by atoms with Gasteiger partial charge in [0.1, 0.15) is 11.7 Å². The Labute approximate surface area is 116 Å². The van der Waals surface area contributed by atoms with Gasteiger partial charge in [-0.15, -0.1) is 0 Å². The third-order valence-corrected chi connectivity index (χ3v) is 3.25. The van der Waals surface area contributed by atoms with Crippen LogP contribution in [0.25, 0.3) is 0 Å². The van der Waals surface area contributed by atoms with E-state index in [0.29, 0.717) is 6.54 Å². The molecule has 0 saturated heterocycles. The average molecular weight is 270 g/mol. The first-order valence-electron chi connectivity index (χ1n) is 6.45. The predicted molar refractivity (Wildman–Crippen MR) is 77.6 cm³/mol. The Morgan fingerprint density at radius 1 is 1.35 bits per heavy atom. The van der Waals surface area contributed by atoms with E-state index in [9.17, 15) is 4.39 Å². The lowest BCUT2D eigenvalue weighted by molar-refractivity contribution is 0.625. The van der Waals surface area contributed by atoms with Gasteiger partial charge in [0.05, 0.1) is 30.2 Å². The minimum atomic E-state index is -0.255. The number of pyridine rings is 1. The molecule has 2 heterocycles. The zero-order valence-corrected chi connectivity index (χ0v) is 11.1. The lowest BCUT2D eigenvalue weighted by Gasteiger charge is -2.32. The molecular weight excluding hydrogens is 255 g/mol. The molecule has 5 heteroatoms. The average Bonchev–Trinajstić information content (AvgIpc) is 2.46. The quantitative estimate of drug-likeness (QED) is 0.912. The van der Waals surface area contributed by atoms with Gasteiger partial charge in [0.2, 0.25) is 0 Å². The van der Waals surface area contributed by atoms with Crippen molar-refractivity contribution < 1.29 is 4.39 Å². The van der Waals surface area contributed by atoms with Crippen molar-refractivity contribution in [2.24, 2.45) is 10.7 Å². The van der Waals surface area contributed by atoms with Gasteiger partial charge in [-0.2, -0.15) is 0 Å². The van der Waals surface area contributed by atoms with Crippen LogP contribution in [0.4, 0.5) is 15.8 Å². The van der Waals surface area contributed by atoms with Gasteiger partial charge < -0.3 is 10.6 Å². The van der Waals surface area contributed by atoms with Gasteiger partial charge >= 0.3 is 0 Å². The van der Waals surface area contributed by atoms with Gasteiger partial charge in [-0.25, -0.2) is 9.38 Å². The van der Waals surface area contributed by atoms with Gasteiger partial charge in [0.15, 0.2) is 0 Å². The summed E-state index contributed by atoms with van der Waals surface area (Å²) in [6, 6.07) is 8.20. The van der Waals surface area contributed by atoms with Crippen molar-refractivity contribution >= 4 is 17.2 Å². The molecule has 0 unspecified atom stereocenters. The zero-order valence-electron chi connectivity index (χ0n) is 11.1. The summed E-state index contributed by atoms with van der Waals surface area (Å²) in [6.07, 6.45) is 3.46. The third-order valence-electron chi connectivity index (χ3n) is 3.25. The summed E-state index contributed by atoms with van der Waals surface area (Å²) in [7, 11) is 0. The number of hydrogen-bond donors (Lipinski definition) is 1. The summed E-state index contributed by atoms with van der Waals surface area (Å²) in [5.41, 5.74) is 8.54. The molecule has 0 spiro atoms. The first-order chi connectivity index (χ1) is 9.65. The van der Waals surface area contributed by atoms with E-state index in [4.69, 9.17) is 5.73 Å². The van der Waals surface area contributed by atoms with E-state index in [1.165, 1.54) is 12.1 Å². The molecule has 20 heavy (non-hydrogen) atoms. The van der Waals surface area contributed by atoms with Crippen molar-refractivity contribution in [2.45, 2.75) is 19.5 Å². The Kier molecular flexibility index (Phi) is 3.20. The van der Waals surface area contributed by atoms with E-state index in [2.05, 4.69) is 9.98 Å². The highest BCUT2D eigenvalue weighted by Crippen LogP contribution is 2.30. The molecule has 0 radical (unpaired) electrons. The van der Waals surface area contributed by atoms with E-state index in [1.54, 1.807) is 18.5 Å². The molecule has 4 nitrogen and oxygen atoms in total. The zero-order chi connectivity index (χ0) is 14.1. The molecule has 0 bridgehead atoms. The van der Waals surface area contributed by atoms with Crippen molar-refractivity contribution in [3.63, 3.8) is 0 Å². The minimum Gasteiger partial charge on any atom is -0.323 e. The number of amidine groups is 1. The molecule has 1 aliphatic heterocycles. The number of nitrogens with zero attached hydrogens (tertiary/aromatic N) is 3. The third kappa shape index (κ3) is 2.28. The Balaban J connectivity index is 2.08. The summed E-state index contributed by atoms with van der Waals surface area (Å²) in [4.78, 5) is 10.7. The van der Waals surface area contributed by atoms with Crippen LogP contribution in [0.5, 0.6) is 0 Å². The van der Waals surface area contributed by atoms with E-state index in [0.717, 1.165) is 22.8 Å². The Bertz CT molecular complexity index is 652. The smallest absolute Gasteiger partial charge is 0.126 e. The molecule has 0 aliphatic carbocycles. The molecule has 0 fully saturated rings. The molecule has 1 aromatic carbocycles. The van der Waals surface area contributed by atoms with E-state index in [-0.39, 0.29) is 11.9 Å². The van der Waals surface area contributed by atoms with Gasteiger partial charge in [-0.3, -0.25) is 4.98 Å². The monoisotopic (exact) mass is 270 g/mol. The van der Waals surface area contributed by atoms with Gasteiger partial charge in [-0.05, 0) is 37.3 Å². The SMILES string of the molecule is C[C@H](N)C1=Nc2ccc(F)cc2CN1c1cccnc1. The lowest BCUT2D eigenvalue weighted by atomic mass is 10.1. The van der Waals surface area contributed by atoms with E-state index < -0.39 is 0 Å². The standard InChI is InChI=1S/C15H15FN4/c1-10(17)15-19-14-5-4-12(16)7-11(14)9-20(15)13-3-2-6-18-8-13/h2-8,10H,9,17H2,1H3/t10-/m0/s1. The maximum atomic E-state index is 13.4. The fourth-order valence-electron chi connectivity index (χ4n) is 2.31. The molecule has 3 rings (SSSR count). The number of rotatable bonds is 2. The molecule has 1 aromatic heterocycles. The first kappa shape index (κ1) is 12.7. The van der Waals surface area contributed by atoms with Crippen molar-refractivity contribution in [3.8, 4) is 0 Å². The highest BCUT2D eigenvalue weighted by molar-refractivity contribution is 6.03. The fraction of sp³-hybridized carbons (Fsp3) is 0.200. The van der Waals surface area contributed by atoms with Crippen LogP contribution in [-0.2, 0) is 6.54 Å². The summed E-state index contributed by atoms with van der Waals surface area (Å²) in [6.45, 7) is 2.43. The summed E-state index contributed by atoms with van der Waals surface area (Å²) < 4.78 is 13.4. The maximum absolute atomic E-state index is 13.4. The molecule has 0 saturated carbocycles. The number of nitrogens with two attached hydrogens (primary N) is 1. The number of anilines is 1. The number of benzene rings is 1. The predicted octanol–water partition coefficient (Wildman–Crippen LogP) is 2.62. The van der Waals surface area contributed by atoms with Gasteiger partial charge in [0, 0.05) is 11.8 Å². The number of aliphatic imine (C=N–C) groups is 1. The van der Waals surface area contributed by atoms with Crippen molar-refractivity contribution in [3.05, 3.63) is 54.1 Å². The van der Waals surface area contributed by atoms with Crippen LogP contribution >= 0.6 is 0 Å². The van der Waals surface area contributed by atoms with Crippen LogP contribution in [0, 0.1) is 5.82 Å². The largest absolute Gasteiger partial charge is 0.323 e. The molecule has 0 amide bonds. The Morgan fingerprint density at radius 2 is 2.20 bits per heavy atom. The number of aromatic nitrogens is 1. The topological polar surface area (TPSA) is 54.5 Å². The highest BCUT2D eigenvalue weighted by atomic mass is 19.1. The van der Waals surface area contributed by atoms with Gasteiger partial charge in [-0.1, -0.05) is 0 Å². The lowest BCUT2D eigenvalue weighted by Crippen LogP contribution is -2.43. The van der Waals surface area contributed by atoms with Crippen molar-refractivity contribution in [1.82, 2.24) is 4.98 Å². The van der Waals surface area contributed by atoms with Crippen LogP contribution in [0.1, 0.15) is 12.5 Å². The number of fused-ring (bicyclic) bond motifs is 1. The summed E-state index contributed by atoms with van der Waals surface area (Å²) in [5, 5.41) is 0. The summed E-state index contributed by atoms with van der Waals surface area (Å²) in [5.74, 6) is 0.506.